The Morgan fingerprint density at radius 3 is 2.67 bits per heavy atom. The van der Waals surface area contributed by atoms with E-state index in [4.69, 9.17) is 10.5 Å². The Balaban J connectivity index is 1.87. The molecule has 0 saturated heterocycles. The smallest absolute Gasteiger partial charge is 0.123 e. The van der Waals surface area contributed by atoms with Gasteiger partial charge in [-0.2, -0.15) is 0 Å². The number of fused-ring (bicyclic) bond motifs is 1. The molecule has 0 aliphatic heterocycles. The summed E-state index contributed by atoms with van der Waals surface area (Å²) in [6.07, 6.45) is 2.07. The van der Waals surface area contributed by atoms with E-state index in [1.54, 1.807) is 0 Å². The summed E-state index contributed by atoms with van der Waals surface area (Å²) >= 11 is 0. The first kappa shape index (κ1) is 14.2. The maximum Gasteiger partial charge on any atom is 0.123 e. The van der Waals surface area contributed by atoms with E-state index in [1.165, 1.54) is 27.8 Å². The Morgan fingerprint density at radius 2 is 1.86 bits per heavy atom. The van der Waals surface area contributed by atoms with Crippen LogP contribution in [0.3, 0.4) is 0 Å². The largest absolute Gasteiger partial charge is 0.488 e. The van der Waals surface area contributed by atoms with E-state index in [-0.39, 0.29) is 12.1 Å². The first-order valence-electron chi connectivity index (χ1n) is 7.64. The predicted molar refractivity (Wildman–Crippen MR) is 86.8 cm³/mol. The number of nitrogens with two attached hydrogens (primary N) is 1. The molecule has 0 saturated carbocycles. The first-order chi connectivity index (χ1) is 10.1. The molecule has 0 aromatic heterocycles. The minimum Gasteiger partial charge on any atom is -0.488 e. The maximum absolute atomic E-state index is 6.44. The van der Waals surface area contributed by atoms with Crippen molar-refractivity contribution in [3.63, 3.8) is 0 Å². The maximum atomic E-state index is 6.44. The van der Waals surface area contributed by atoms with E-state index in [0.717, 1.165) is 18.6 Å². The van der Waals surface area contributed by atoms with Crippen molar-refractivity contribution in [1.82, 2.24) is 0 Å². The monoisotopic (exact) mass is 281 g/mol. The molecule has 2 nitrogen and oxygen atoms in total. The number of aryl methyl sites for hydroxylation is 3. The van der Waals surface area contributed by atoms with Crippen molar-refractivity contribution < 1.29 is 4.74 Å². The van der Waals surface area contributed by atoms with Crippen molar-refractivity contribution >= 4 is 0 Å². The van der Waals surface area contributed by atoms with E-state index >= 15 is 0 Å². The molecule has 2 unspecified atom stereocenters. The number of hydrogen-bond donors (Lipinski definition) is 1. The van der Waals surface area contributed by atoms with E-state index in [0.29, 0.717) is 0 Å². The Bertz CT molecular complexity index is 663. The number of benzene rings is 2. The van der Waals surface area contributed by atoms with E-state index in [2.05, 4.69) is 57.2 Å². The molecule has 0 radical (unpaired) electrons. The summed E-state index contributed by atoms with van der Waals surface area (Å²) in [4.78, 5) is 0. The van der Waals surface area contributed by atoms with E-state index in [9.17, 15) is 0 Å². The Morgan fingerprint density at radius 1 is 1.10 bits per heavy atom. The molecule has 2 N–H and O–H groups in total. The molecule has 3 rings (SSSR count). The quantitative estimate of drug-likeness (QED) is 0.903. The zero-order valence-electron chi connectivity index (χ0n) is 13.0. The Kier molecular flexibility index (Phi) is 3.73. The minimum absolute atomic E-state index is 0.0461. The van der Waals surface area contributed by atoms with E-state index in [1.807, 2.05) is 0 Å². The summed E-state index contributed by atoms with van der Waals surface area (Å²) in [5.41, 5.74) is 12.8. The molecule has 0 heterocycles. The molecule has 110 valence electrons. The summed E-state index contributed by atoms with van der Waals surface area (Å²) in [7, 11) is 0. The van der Waals surface area contributed by atoms with Crippen LogP contribution < -0.4 is 10.5 Å². The SMILES string of the molecule is Cc1cc(C)c(C)c(OC2CCc3ccccc3C2N)c1. The van der Waals surface area contributed by atoms with Crippen LogP contribution in [0.4, 0.5) is 0 Å². The van der Waals surface area contributed by atoms with Crippen LogP contribution >= 0.6 is 0 Å². The van der Waals surface area contributed by atoms with Gasteiger partial charge < -0.3 is 10.5 Å². The highest BCUT2D eigenvalue weighted by Gasteiger charge is 2.28. The average molecular weight is 281 g/mol. The van der Waals surface area contributed by atoms with Gasteiger partial charge in [0.05, 0.1) is 6.04 Å². The van der Waals surface area contributed by atoms with Gasteiger partial charge in [-0.3, -0.25) is 0 Å². The molecule has 2 atom stereocenters. The van der Waals surface area contributed by atoms with Gasteiger partial charge in [0.2, 0.25) is 0 Å². The van der Waals surface area contributed by atoms with E-state index < -0.39 is 0 Å². The van der Waals surface area contributed by atoms with Crippen LogP contribution in [-0.4, -0.2) is 6.10 Å². The number of hydrogen-bond acceptors (Lipinski definition) is 2. The fourth-order valence-corrected chi connectivity index (χ4v) is 3.18. The lowest BCUT2D eigenvalue weighted by atomic mass is 9.86. The highest BCUT2D eigenvalue weighted by atomic mass is 16.5. The van der Waals surface area contributed by atoms with Crippen molar-refractivity contribution in [2.45, 2.75) is 45.8 Å². The van der Waals surface area contributed by atoms with Crippen LogP contribution in [0.5, 0.6) is 5.75 Å². The molecule has 21 heavy (non-hydrogen) atoms. The normalized spacial score (nSPS) is 21.0. The number of rotatable bonds is 2. The van der Waals surface area contributed by atoms with Gasteiger partial charge in [0.1, 0.15) is 11.9 Å². The molecular weight excluding hydrogens is 258 g/mol. The van der Waals surface area contributed by atoms with Crippen LogP contribution in [0.15, 0.2) is 36.4 Å². The average Bonchev–Trinajstić information content (AvgIpc) is 2.47. The molecule has 0 fully saturated rings. The molecule has 1 aliphatic carbocycles. The fourth-order valence-electron chi connectivity index (χ4n) is 3.18. The summed E-state index contributed by atoms with van der Waals surface area (Å²) in [6.45, 7) is 6.35. The molecular formula is C19H23NO. The van der Waals surface area contributed by atoms with Gasteiger partial charge in [0.15, 0.2) is 0 Å². The lowest BCUT2D eigenvalue weighted by molar-refractivity contribution is 0.152. The highest BCUT2D eigenvalue weighted by Crippen LogP contribution is 2.33. The second-order valence-corrected chi connectivity index (χ2v) is 6.12. The van der Waals surface area contributed by atoms with Gasteiger partial charge in [0.25, 0.3) is 0 Å². The summed E-state index contributed by atoms with van der Waals surface area (Å²) < 4.78 is 6.29. The van der Waals surface area contributed by atoms with Crippen LogP contribution in [0.25, 0.3) is 0 Å². The van der Waals surface area contributed by atoms with Crippen molar-refractivity contribution in [3.8, 4) is 5.75 Å². The molecule has 0 amide bonds. The second kappa shape index (κ2) is 5.53. The Hall–Kier alpha value is -1.80. The van der Waals surface area contributed by atoms with Crippen molar-refractivity contribution in [2.24, 2.45) is 5.73 Å². The third-order valence-electron chi connectivity index (χ3n) is 4.56. The highest BCUT2D eigenvalue weighted by molar-refractivity contribution is 5.42. The zero-order valence-corrected chi connectivity index (χ0v) is 13.0. The summed E-state index contributed by atoms with van der Waals surface area (Å²) in [6, 6.07) is 12.7. The lowest BCUT2D eigenvalue weighted by Crippen LogP contribution is -2.36. The molecule has 0 spiro atoms. The summed E-state index contributed by atoms with van der Waals surface area (Å²) in [5, 5.41) is 0. The standard InChI is InChI=1S/C19H23NO/c1-12-10-13(2)14(3)18(11-12)21-17-9-8-15-6-4-5-7-16(15)19(17)20/h4-7,10-11,17,19H,8-9,20H2,1-3H3. The molecule has 2 aromatic rings. The zero-order chi connectivity index (χ0) is 15.0. The third-order valence-corrected chi connectivity index (χ3v) is 4.56. The van der Waals surface area contributed by atoms with Crippen molar-refractivity contribution in [3.05, 3.63) is 64.2 Å². The fraction of sp³-hybridized carbons (Fsp3) is 0.368. The topological polar surface area (TPSA) is 35.2 Å². The second-order valence-electron chi connectivity index (χ2n) is 6.12. The van der Waals surface area contributed by atoms with Gasteiger partial charge >= 0.3 is 0 Å². The molecule has 2 heteroatoms. The van der Waals surface area contributed by atoms with Gasteiger partial charge in [-0.25, -0.2) is 0 Å². The molecule has 2 aromatic carbocycles. The van der Waals surface area contributed by atoms with Crippen LogP contribution in [0.1, 0.15) is 40.3 Å². The molecule has 1 aliphatic rings. The minimum atomic E-state index is -0.0461. The number of ether oxygens (including phenoxy) is 1. The van der Waals surface area contributed by atoms with Crippen molar-refractivity contribution in [2.75, 3.05) is 0 Å². The van der Waals surface area contributed by atoms with Gasteiger partial charge in [-0.15, -0.1) is 0 Å². The van der Waals surface area contributed by atoms with Gasteiger partial charge in [-0.05, 0) is 67.5 Å². The first-order valence-corrected chi connectivity index (χ1v) is 7.64. The van der Waals surface area contributed by atoms with Crippen LogP contribution in [0, 0.1) is 20.8 Å². The van der Waals surface area contributed by atoms with Crippen LogP contribution in [0.2, 0.25) is 0 Å². The van der Waals surface area contributed by atoms with Crippen LogP contribution in [-0.2, 0) is 6.42 Å². The Labute approximate surface area is 126 Å². The summed E-state index contributed by atoms with van der Waals surface area (Å²) in [5.74, 6) is 0.979. The van der Waals surface area contributed by atoms with Gasteiger partial charge in [-0.1, -0.05) is 30.3 Å². The third kappa shape index (κ3) is 2.68. The van der Waals surface area contributed by atoms with Crippen molar-refractivity contribution in [1.29, 1.82) is 0 Å². The molecule has 0 bridgehead atoms. The lowest BCUT2D eigenvalue weighted by Gasteiger charge is -2.32. The predicted octanol–water partition coefficient (Wildman–Crippen LogP) is 4.01. The van der Waals surface area contributed by atoms with Gasteiger partial charge in [0, 0.05) is 0 Å².